The van der Waals surface area contributed by atoms with Crippen molar-refractivity contribution in [2.24, 2.45) is 5.92 Å². The predicted octanol–water partition coefficient (Wildman–Crippen LogP) is 1.55. The van der Waals surface area contributed by atoms with Crippen molar-refractivity contribution in [1.82, 2.24) is 10.6 Å². The van der Waals surface area contributed by atoms with Crippen molar-refractivity contribution in [2.45, 2.75) is 6.92 Å². The van der Waals surface area contributed by atoms with Crippen LogP contribution in [0.2, 0.25) is 0 Å². The topological polar surface area (TPSA) is 41.1 Å². The van der Waals surface area contributed by atoms with E-state index in [1.165, 1.54) is 12.1 Å². The van der Waals surface area contributed by atoms with Gasteiger partial charge in [0.2, 0.25) is 0 Å². The van der Waals surface area contributed by atoms with Gasteiger partial charge in [-0.2, -0.15) is 0 Å². The third-order valence-corrected chi connectivity index (χ3v) is 2.36. The maximum absolute atomic E-state index is 13.3. The van der Waals surface area contributed by atoms with Crippen molar-refractivity contribution in [3.05, 3.63) is 35.4 Å². The molecule has 0 saturated heterocycles. The van der Waals surface area contributed by atoms with Crippen molar-refractivity contribution in [2.75, 3.05) is 20.1 Å². The highest BCUT2D eigenvalue weighted by Gasteiger charge is 2.15. The monoisotopic (exact) mass is 242 g/mol. The third-order valence-electron chi connectivity index (χ3n) is 2.36. The molecule has 0 fully saturated rings. The lowest BCUT2D eigenvalue weighted by Crippen LogP contribution is -2.32. The van der Waals surface area contributed by atoms with E-state index < -0.39 is 17.5 Å². The molecule has 0 bridgehead atoms. The normalized spacial score (nSPS) is 12.2. The Balaban J connectivity index is 2.61. The van der Waals surface area contributed by atoms with Crippen LogP contribution in [0.5, 0.6) is 0 Å². The summed E-state index contributed by atoms with van der Waals surface area (Å²) in [4.78, 5) is 11.6. The predicted molar refractivity (Wildman–Crippen MR) is 61.8 cm³/mol. The Morgan fingerprint density at radius 1 is 1.35 bits per heavy atom. The fourth-order valence-electron chi connectivity index (χ4n) is 1.46. The molecule has 0 spiro atoms. The highest BCUT2D eigenvalue weighted by Crippen LogP contribution is 2.11. The number of carbonyl (C=O) groups excluding carboxylic acids is 1. The van der Waals surface area contributed by atoms with Gasteiger partial charge < -0.3 is 10.6 Å². The second kappa shape index (κ2) is 6.30. The lowest BCUT2D eigenvalue weighted by Gasteiger charge is -2.12. The molecule has 3 nitrogen and oxygen atoms in total. The molecule has 94 valence electrons. The number of hydrogen-bond donors (Lipinski definition) is 2. The van der Waals surface area contributed by atoms with Crippen LogP contribution in [0.1, 0.15) is 17.3 Å². The van der Waals surface area contributed by atoms with E-state index in [9.17, 15) is 13.6 Å². The fraction of sp³-hybridized carbons (Fsp3) is 0.417. The minimum atomic E-state index is -1.11. The zero-order valence-corrected chi connectivity index (χ0v) is 9.89. The zero-order chi connectivity index (χ0) is 12.8. The standard InChI is InChI=1S/C12H16F2N2O/c1-8(6-15-2)7-16-12(17)9-4-3-5-10(13)11(9)14/h3-5,8,15H,6-7H2,1-2H3,(H,16,17). The number of rotatable bonds is 5. The van der Waals surface area contributed by atoms with Gasteiger partial charge >= 0.3 is 0 Å². The number of halogens is 2. The Bertz CT molecular complexity index is 396. The first-order valence-corrected chi connectivity index (χ1v) is 5.43. The zero-order valence-electron chi connectivity index (χ0n) is 9.89. The summed E-state index contributed by atoms with van der Waals surface area (Å²) < 4.78 is 26.2. The minimum Gasteiger partial charge on any atom is -0.352 e. The molecule has 0 saturated carbocycles. The summed E-state index contributed by atoms with van der Waals surface area (Å²) in [6.07, 6.45) is 0. The second-order valence-electron chi connectivity index (χ2n) is 3.97. The van der Waals surface area contributed by atoms with Crippen LogP contribution in [0.25, 0.3) is 0 Å². The number of benzene rings is 1. The van der Waals surface area contributed by atoms with E-state index in [0.29, 0.717) is 6.54 Å². The summed E-state index contributed by atoms with van der Waals surface area (Å²) in [5.74, 6) is -2.49. The van der Waals surface area contributed by atoms with Gasteiger partial charge in [0.15, 0.2) is 11.6 Å². The van der Waals surface area contributed by atoms with Gasteiger partial charge in [-0.05, 0) is 31.6 Å². The Morgan fingerprint density at radius 2 is 2.06 bits per heavy atom. The summed E-state index contributed by atoms with van der Waals surface area (Å²) >= 11 is 0. The van der Waals surface area contributed by atoms with E-state index in [4.69, 9.17) is 0 Å². The van der Waals surface area contributed by atoms with E-state index in [1.807, 2.05) is 14.0 Å². The summed E-state index contributed by atoms with van der Waals surface area (Å²) in [6.45, 7) is 3.10. The molecule has 0 aliphatic rings. The maximum atomic E-state index is 13.3. The molecule has 0 heterocycles. The average Bonchev–Trinajstić information content (AvgIpc) is 2.30. The molecule has 1 aromatic rings. The van der Waals surface area contributed by atoms with Crippen LogP contribution in [0, 0.1) is 17.6 Å². The lowest BCUT2D eigenvalue weighted by atomic mass is 10.1. The van der Waals surface area contributed by atoms with E-state index in [0.717, 1.165) is 12.6 Å². The second-order valence-corrected chi connectivity index (χ2v) is 3.97. The van der Waals surface area contributed by atoms with E-state index in [2.05, 4.69) is 10.6 Å². The average molecular weight is 242 g/mol. The molecule has 1 amide bonds. The minimum absolute atomic E-state index is 0.223. The van der Waals surface area contributed by atoms with Crippen LogP contribution in [-0.4, -0.2) is 26.0 Å². The molecule has 2 N–H and O–H groups in total. The Kier molecular flexibility index (Phi) is 5.03. The molecule has 0 aliphatic carbocycles. The lowest BCUT2D eigenvalue weighted by molar-refractivity contribution is 0.0943. The molecule has 17 heavy (non-hydrogen) atoms. The third kappa shape index (κ3) is 3.78. The Hall–Kier alpha value is -1.49. The van der Waals surface area contributed by atoms with Gasteiger partial charge in [0.1, 0.15) is 0 Å². The van der Waals surface area contributed by atoms with Gasteiger partial charge in [0, 0.05) is 6.54 Å². The Morgan fingerprint density at radius 3 is 2.71 bits per heavy atom. The van der Waals surface area contributed by atoms with Crippen LogP contribution < -0.4 is 10.6 Å². The highest BCUT2D eigenvalue weighted by atomic mass is 19.2. The summed E-state index contributed by atoms with van der Waals surface area (Å²) in [5.41, 5.74) is -0.262. The van der Waals surface area contributed by atoms with Crippen LogP contribution in [0.4, 0.5) is 8.78 Å². The maximum Gasteiger partial charge on any atom is 0.254 e. The van der Waals surface area contributed by atoms with Crippen molar-refractivity contribution in [1.29, 1.82) is 0 Å². The van der Waals surface area contributed by atoms with Crippen LogP contribution >= 0.6 is 0 Å². The summed E-state index contributed by atoms with van der Waals surface area (Å²) in [6, 6.07) is 3.55. The van der Waals surface area contributed by atoms with Gasteiger partial charge in [-0.3, -0.25) is 4.79 Å². The molecular formula is C12H16F2N2O. The van der Waals surface area contributed by atoms with Crippen molar-refractivity contribution < 1.29 is 13.6 Å². The number of carbonyl (C=O) groups is 1. The first-order valence-electron chi connectivity index (χ1n) is 5.43. The Labute approximate surface area is 99.2 Å². The molecule has 0 aliphatic heterocycles. The SMILES string of the molecule is CNCC(C)CNC(=O)c1cccc(F)c1F. The number of nitrogens with one attached hydrogen (secondary N) is 2. The number of hydrogen-bond acceptors (Lipinski definition) is 2. The van der Waals surface area contributed by atoms with Crippen LogP contribution in [-0.2, 0) is 0 Å². The molecular weight excluding hydrogens is 226 g/mol. The van der Waals surface area contributed by atoms with Gasteiger partial charge in [-0.25, -0.2) is 8.78 Å². The van der Waals surface area contributed by atoms with E-state index in [1.54, 1.807) is 0 Å². The van der Waals surface area contributed by atoms with E-state index >= 15 is 0 Å². The molecule has 1 atom stereocenters. The first kappa shape index (κ1) is 13.6. The highest BCUT2D eigenvalue weighted by molar-refractivity contribution is 5.94. The van der Waals surface area contributed by atoms with E-state index in [-0.39, 0.29) is 11.5 Å². The fourth-order valence-corrected chi connectivity index (χ4v) is 1.46. The van der Waals surface area contributed by atoms with Crippen LogP contribution in [0.3, 0.4) is 0 Å². The number of amides is 1. The first-order chi connectivity index (χ1) is 8.06. The molecule has 1 aromatic carbocycles. The summed E-state index contributed by atoms with van der Waals surface area (Å²) in [7, 11) is 1.81. The van der Waals surface area contributed by atoms with Crippen molar-refractivity contribution in [3.63, 3.8) is 0 Å². The smallest absolute Gasteiger partial charge is 0.254 e. The van der Waals surface area contributed by atoms with Gasteiger partial charge in [0.05, 0.1) is 5.56 Å². The van der Waals surface area contributed by atoms with Gasteiger partial charge in [-0.1, -0.05) is 13.0 Å². The molecule has 0 radical (unpaired) electrons. The quantitative estimate of drug-likeness (QED) is 0.822. The van der Waals surface area contributed by atoms with Crippen LogP contribution in [0.15, 0.2) is 18.2 Å². The van der Waals surface area contributed by atoms with Gasteiger partial charge in [0.25, 0.3) is 5.91 Å². The summed E-state index contributed by atoms with van der Waals surface area (Å²) in [5, 5.41) is 5.53. The molecule has 5 heteroatoms. The molecule has 0 aromatic heterocycles. The molecule has 1 unspecified atom stereocenters. The molecule has 1 rings (SSSR count). The van der Waals surface area contributed by atoms with Crippen molar-refractivity contribution >= 4 is 5.91 Å². The largest absolute Gasteiger partial charge is 0.352 e. The van der Waals surface area contributed by atoms with Gasteiger partial charge in [-0.15, -0.1) is 0 Å². The van der Waals surface area contributed by atoms with Crippen molar-refractivity contribution in [3.8, 4) is 0 Å².